The maximum atomic E-state index is 13.7. The Balaban J connectivity index is 1.56. The molecule has 0 spiro atoms. The summed E-state index contributed by atoms with van der Waals surface area (Å²) in [4.78, 5) is 26.6. The van der Waals surface area contributed by atoms with Crippen molar-refractivity contribution in [3.8, 4) is 0 Å². The van der Waals surface area contributed by atoms with Gasteiger partial charge >= 0.3 is 6.03 Å². The summed E-state index contributed by atoms with van der Waals surface area (Å²) in [6.45, 7) is 3.44. The quantitative estimate of drug-likeness (QED) is 0.596. The number of rotatable bonds is 3. The van der Waals surface area contributed by atoms with Crippen LogP contribution in [0.25, 0.3) is 0 Å². The number of amides is 2. The number of hydrogen-bond acceptors (Lipinski definition) is 6. The van der Waals surface area contributed by atoms with Crippen LogP contribution in [-0.4, -0.2) is 51.0 Å². The Labute approximate surface area is 174 Å². The summed E-state index contributed by atoms with van der Waals surface area (Å²) in [6, 6.07) is 6.26. The lowest BCUT2D eigenvalue weighted by Gasteiger charge is -2.47. The molecular weight excluding hydrogens is 386 g/mol. The van der Waals surface area contributed by atoms with Crippen LogP contribution in [0.1, 0.15) is 42.0 Å². The standard InChI is InChI=1S/C21H25N5O2S/c1-12-4-3-5-16-17(6-7-22-18(12)16)25-11-13-10-23-20(29-2)24-19(13)26(21(25)28)14-8-15(27)9-14/h3-5,10,14-15,17,22,27H,6-9,11H2,1-2H3/t14?,15?,17-/m0/s1. The van der Waals surface area contributed by atoms with Crippen LogP contribution in [0.5, 0.6) is 0 Å². The van der Waals surface area contributed by atoms with E-state index < -0.39 is 0 Å². The first-order chi connectivity index (χ1) is 14.1. The van der Waals surface area contributed by atoms with Gasteiger partial charge in [0, 0.05) is 30.0 Å². The number of hydrogen-bond donors (Lipinski definition) is 2. The van der Waals surface area contributed by atoms with Crippen molar-refractivity contribution in [3.05, 3.63) is 41.1 Å². The molecule has 2 N–H and O–H groups in total. The number of carbonyl (C=O) groups excluding carboxylic acids is 1. The number of aliphatic hydroxyl groups is 1. The zero-order chi connectivity index (χ0) is 20.1. The lowest BCUT2D eigenvalue weighted by atomic mass is 9.87. The minimum atomic E-state index is -0.337. The van der Waals surface area contributed by atoms with E-state index in [1.807, 2.05) is 22.3 Å². The number of benzene rings is 1. The Morgan fingerprint density at radius 2 is 2.14 bits per heavy atom. The van der Waals surface area contributed by atoms with Crippen molar-refractivity contribution in [2.24, 2.45) is 0 Å². The Hall–Kier alpha value is -2.32. The summed E-state index contributed by atoms with van der Waals surface area (Å²) in [5.41, 5.74) is 4.48. The van der Waals surface area contributed by atoms with Gasteiger partial charge in [0.2, 0.25) is 0 Å². The van der Waals surface area contributed by atoms with Gasteiger partial charge in [-0.3, -0.25) is 4.90 Å². The number of carbonyl (C=O) groups is 1. The van der Waals surface area contributed by atoms with E-state index in [0.29, 0.717) is 30.4 Å². The fourth-order valence-electron chi connectivity index (χ4n) is 4.65. The molecule has 0 saturated heterocycles. The highest BCUT2D eigenvalue weighted by Gasteiger charge is 2.44. The number of thioether (sulfide) groups is 1. The molecule has 0 unspecified atom stereocenters. The summed E-state index contributed by atoms with van der Waals surface area (Å²) < 4.78 is 0. The monoisotopic (exact) mass is 411 g/mol. The Bertz CT molecular complexity index is 962. The molecule has 1 aliphatic carbocycles. The lowest BCUT2D eigenvalue weighted by Crippen LogP contribution is -2.58. The third-order valence-corrected chi connectivity index (χ3v) is 6.80. The summed E-state index contributed by atoms with van der Waals surface area (Å²) in [7, 11) is 0. The summed E-state index contributed by atoms with van der Waals surface area (Å²) >= 11 is 1.47. The van der Waals surface area contributed by atoms with E-state index in [-0.39, 0.29) is 24.2 Å². The molecule has 1 fully saturated rings. The zero-order valence-corrected chi connectivity index (χ0v) is 17.4. The molecule has 1 saturated carbocycles. The van der Waals surface area contributed by atoms with Gasteiger partial charge in [0.1, 0.15) is 5.82 Å². The second kappa shape index (κ2) is 7.18. The number of aryl methyl sites for hydroxylation is 1. The smallest absolute Gasteiger partial charge is 0.326 e. The van der Waals surface area contributed by atoms with E-state index >= 15 is 0 Å². The number of urea groups is 1. The highest BCUT2D eigenvalue weighted by atomic mass is 32.2. The van der Waals surface area contributed by atoms with Crippen LogP contribution in [-0.2, 0) is 6.54 Å². The third kappa shape index (κ3) is 3.05. The Kier molecular flexibility index (Phi) is 4.63. The average Bonchev–Trinajstić information content (AvgIpc) is 2.71. The minimum absolute atomic E-state index is 0.0117. The molecule has 2 aromatic rings. The van der Waals surface area contributed by atoms with Crippen molar-refractivity contribution in [3.63, 3.8) is 0 Å². The first-order valence-electron chi connectivity index (χ1n) is 10.1. The van der Waals surface area contributed by atoms with Gasteiger partial charge in [-0.2, -0.15) is 0 Å². The summed E-state index contributed by atoms with van der Waals surface area (Å²) in [5.74, 6) is 0.709. The van der Waals surface area contributed by atoms with Gasteiger partial charge in [-0.05, 0) is 43.6 Å². The molecular formula is C21H25N5O2S. The molecule has 0 bridgehead atoms. The van der Waals surface area contributed by atoms with E-state index in [0.717, 1.165) is 24.2 Å². The van der Waals surface area contributed by atoms with Crippen molar-refractivity contribution in [2.45, 2.75) is 56.1 Å². The van der Waals surface area contributed by atoms with E-state index in [9.17, 15) is 9.90 Å². The van der Waals surface area contributed by atoms with Gasteiger partial charge in [0.05, 0.1) is 18.7 Å². The highest BCUT2D eigenvalue weighted by molar-refractivity contribution is 7.98. The molecule has 1 atom stereocenters. The minimum Gasteiger partial charge on any atom is -0.393 e. The molecule has 5 rings (SSSR count). The van der Waals surface area contributed by atoms with Gasteiger partial charge < -0.3 is 15.3 Å². The molecule has 7 nitrogen and oxygen atoms in total. The maximum absolute atomic E-state index is 13.7. The molecule has 3 aliphatic rings. The first-order valence-corrected chi connectivity index (χ1v) is 11.3. The van der Waals surface area contributed by atoms with Crippen LogP contribution >= 0.6 is 11.8 Å². The van der Waals surface area contributed by atoms with Crippen molar-refractivity contribution in [1.82, 2.24) is 14.9 Å². The van der Waals surface area contributed by atoms with Gasteiger partial charge in [-0.25, -0.2) is 14.8 Å². The normalized spacial score (nSPS) is 25.8. The van der Waals surface area contributed by atoms with E-state index in [4.69, 9.17) is 0 Å². The predicted octanol–water partition coefficient (Wildman–Crippen LogP) is 3.33. The van der Waals surface area contributed by atoms with Crippen molar-refractivity contribution in [2.75, 3.05) is 23.0 Å². The topological polar surface area (TPSA) is 81.6 Å². The molecule has 152 valence electrons. The number of nitrogens with zero attached hydrogens (tertiary/aromatic N) is 4. The fourth-order valence-corrected chi connectivity index (χ4v) is 4.98. The van der Waals surface area contributed by atoms with Gasteiger partial charge in [0.15, 0.2) is 5.16 Å². The van der Waals surface area contributed by atoms with Crippen LogP contribution in [0.3, 0.4) is 0 Å². The number of aromatic nitrogens is 2. The van der Waals surface area contributed by atoms with Crippen LogP contribution in [0.4, 0.5) is 16.3 Å². The fraction of sp³-hybridized carbons (Fsp3) is 0.476. The molecule has 1 aromatic carbocycles. The predicted molar refractivity (Wildman–Crippen MR) is 113 cm³/mol. The molecule has 29 heavy (non-hydrogen) atoms. The number of fused-ring (bicyclic) bond motifs is 2. The third-order valence-electron chi connectivity index (χ3n) is 6.24. The van der Waals surface area contributed by atoms with Crippen LogP contribution in [0.2, 0.25) is 0 Å². The number of anilines is 2. The number of aliphatic hydroxyl groups excluding tert-OH is 1. The van der Waals surface area contributed by atoms with E-state index in [1.165, 1.54) is 22.9 Å². The average molecular weight is 412 g/mol. The molecule has 2 amide bonds. The molecule has 2 aliphatic heterocycles. The Morgan fingerprint density at radius 1 is 1.31 bits per heavy atom. The molecule has 3 heterocycles. The molecule has 0 radical (unpaired) electrons. The van der Waals surface area contributed by atoms with Crippen molar-refractivity contribution < 1.29 is 9.90 Å². The zero-order valence-electron chi connectivity index (χ0n) is 16.6. The summed E-state index contributed by atoms with van der Waals surface area (Å²) in [6.07, 6.45) is 5.51. The van der Waals surface area contributed by atoms with Gasteiger partial charge in [-0.15, -0.1) is 0 Å². The Morgan fingerprint density at radius 3 is 2.90 bits per heavy atom. The largest absolute Gasteiger partial charge is 0.393 e. The van der Waals surface area contributed by atoms with Gasteiger partial charge in [-0.1, -0.05) is 30.0 Å². The van der Waals surface area contributed by atoms with Crippen molar-refractivity contribution >= 4 is 29.3 Å². The first kappa shape index (κ1) is 18.7. The number of nitrogens with one attached hydrogen (secondary N) is 1. The van der Waals surface area contributed by atoms with Gasteiger partial charge in [0.25, 0.3) is 0 Å². The summed E-state index contributed by atoms with van der Waals surface area (Å²) in [5, 5.41) is 14.0. The second-order valence-corrected chi connectivity index (χ2v) is 8.81. The molecule has 1 aromatic heterocycles. The van der Waals surface area contributed by atoms with E-state index in [1.54, 1.807) is 0 Å². The number of para-hydroxylation sites is 1. The lowest BCUT2D eigenvalue weighted by molar-refractivity contribution is 0.0702. The van der Waals surface area contributed by atoms with Crippen LogP contribution < -0.4 is 10.2 Å². The second-order valence-electron chi connectivity index (χ2n) is 8.04. The maximum Gasteiger partial charge on any atom is 0.326 e. The van der Waals surface area contributed by atoms with Crippen LogP contribution in [0, 0.1) is 6.92 Å². The van der Waals surface area contributed by atoms with Crippen molar-refractivity contribution in [1.29, 1.82) is 0 Å². The van der Waals surface area contributed by atoms with E-state index in [2.05, 4.69) is 40.4 Å². The highest BCUT2D eigenvalue weighted by Crippen LogP contribution is 2.42. The SMILES string of the molecule is CSc1ncc2c(n1)N(C1CC(O)C1)C(=O)N([C@H]1CCNc3c(C)cccc31)C2. The molecule has 8 heteroatoms. The van der Waals surface area contributed by atoms with Crippen LogP contribution in [0.15, 0.2) is 29.6 Å².